The predicted octanol–water partition coefficient (Wildman–Crippen LogP) is 8.18. The number of carboxylic acids is 1. The van der Waals surface area contributed by atoms with Gasteiger partial charge in [0.1, 0.15) is 5.75 Å². The predicted molar refractivity (Wildman–Crippen MR) is 175 cm³/mol. The molecular weight excluding hydrogens is 564 g/mol. The van der Waals surface area contributed by atoms with Gasteiger partial charge in [-0.3, -0.25) is 4.79 Å². The van der Waals surface area contributed by atoms with Crippen LogP contribution in [0.5, 0.6) is 5.75 Å². The standard InChI is InChI=1S/C39H54O6/c1-34(2)19-21-39(33(43)44)22-20-37(5)27(28(39)23-34)12-13-30-35(3)17-16-31(41)36(4,29(35)15-18-38(30,37)6)24-45-32(42)14-9-25-7-10-26(40)11-8-25/h7-12,14,28-31,40-41H,13,15-24H2,1-6H3,(H,43,44)/t28-,29-,30+,31-,35-,36+,37+,38-,39+/m1/s1. The fourth-order valence-electron chi connectivity index (χ4n) is 11.7. The van der Waals surface area contributed by atoms with Crippen molar-refractivity contribution < 1.29 is 29.6 Å². The summed E-state index contributed by atoms with van der Waals surface area (Å²) in [6.45, 7) is 14.3. The molecule has 0 unspecified atom stereocenters. The maximum Gasteiger partial charge on any atom is 0.330 e. The van der Waals surface area contributed by atoms with Crippen molar-refractivity contribution in [2.45, 2.75) is 112 Å². The third kappa shape index (κ3) is 4.83. The van der Waals surface area contributed by atoms with Gasteiger partial charge in [0.2, 0.25) is 0 Å². The van der Waals surface area contributed by atoms with E-state index in [1.807, 2.05) is 0 Å². The number of rotatable bonds is 5. The Kier molecular flexibility index (Phi) is 7.70. The molecule has 1 aromatic rings. The number of carboxylic acid groups (broad SMARTS) is 1. The summed E-state index contributed by atoms with van der Waals surface area (Å²) in [7, 11) is 0. The highest BCUT2D eigenvalue weighted by Crippen LogP contribution is 2.75. The molecule has 0 radical (unpaired) electrons. The van der Waals surface area contributed by atoms with Crippen LogP contribution in [-0.4, -0.2) is 40.0 Å². The van der Waals surface area contributed by atoms with Gasteiger partial charge in [0, 0.05) is 11.5 Å². The molecule has 6 nitrogen and oxygen atoms in total. The summed E-state index contributed by atoms with van der Waals surface area (Å²) >= 11 is 0. The lowest BCUT2D eigenvalue weighted by Crippen LogP contribution is -2.66. The first-order valence-corrected chi connectivity index (χ1v) is 17.3. The number of carbonyl (C=O) groups excluding carboxylic acids is 1. The molecule has 6 rings (SSSR count). The molecule has 0 aliphatic heterocycles. The summed E-state index contributed by atoms with van der Waals surface area (Å²) in [6, 6.07) is 6.64. The number of phenolic OH excluding ortho intramolecular Hbond substituents is 1. The van der Waals surface area contributed by atoms with Crippen LogP contribution < -0.4 is 0 Å². The Balaban J connectivity index is 1.27. The summed E-state index contributed by atoms with van der Waals surface area (Å²) < 4.78 is 5.87. The number of esters is 1. The lowest BCUT2D eigenvalue weighted by molar-refractivity contribution is -0.219. The van der Waals surface area contributed by atoms with Gasteiger partial charge in [-0.15, -0.1) is 0 Å². The fraction of sp³-hybridized carbons (Fsp3) is 0.692. The van der Waals surface area contributed by atoms with Crippen LogP contribution in [0, 0.1) is 50.2 Å². The monoisotopic (exact) mass is 618 g/mol. The van der Waals surface area contributed by atoms with Gasteiger partial charge < -0.3 is 20.1 Å². The molecule has 6 heteroatoms. The van der Waals surface area contributed by atoms with E-state index in [0.717, 1.165) is 63.4 Å². The van der Waals surface area contributed by atoms with Crippen molar-refractivity contribution in [3.63, 3.8) is 0 Å². The van der Waals surface area contributed by atoms with Crippen LogP contribution in [0.15, 0.2) is 42.0 Å². The average Bonchev–Trinajstić information content (AvgIpc) is 2.98. The molecule has 45 heavy (non-hydrogen) atoms. The van der Waals surface area contributed by atoms with Gasteiger partial charge in [-0.1, -0.05) is 65.3 Å². The highest BCUT2D eigenvalue weighted by Gasteiger charge is 2.69. The number of allylic oxidation sites excluding steroid dienone is 2. The Morgan fingerprint density at radius 2 is 1.60 bits per heavy atom. The Hall–Kier alpha value is -2.60. The maximum atomic E-state index is 12.9. The molecule has 5 aliphatic carbocycles. The van der Waals surface area contributed by atoms with E-state index in [0.29, 0.717) is 12.3 Å². The number of aliphatic hydroxyl groups excluding tert-OH is 1. The molecular formula is C39H54O6. The molecule has 0 heterocycles. The lowest BCUT2D eigenvalue weighted by atomic mass is 9.33. The first-order valence-electron chi connectivity index (χ1n) is 17.3. The van der Waals surface area contributed by atoms with Gasteiger partial charge in [-0.25, -0.2) is 4.79 Å². The number of benzene rings is 1. The minimum absolute atomic E-state index is 0.0291. The van der Waals surface area contributed by atoms with Crippen molar-refractivity contribution >= 4 is 18.0 Å². The highest BCUT2D eigenvalue weighted by atomic mass is 16.5. The zero-order valence-electron chi connectivity index (χ0n) is 28.2. The van der Waals surface area contributed by atoms with E-state index in [1.165, 1.54) is 11.6 Å². The Morgan fingerprint density at radius 3 is 2.29 bits per heavy atom. The molecule has 246 valence electrons. The molecule has 1 aromatic carbocycles. The third-order valence-corrected chi connectivity index (χ3v) is 14.7. The molecule has 4 saturated carbocycles. The largest absolute Gasteiger partial charge is 0.508 e. The van der Waals surface area contributed by atoms with Crippen molar-refractivity contribution in [2.75, 3.05) is 6.61 Å². The van der Waals surface area contributed by atoms with E-state index >= 15 is 0 Å². The van der Waals surface area contributed by atoms with Crippen molar-refractivity contribution in [3.8, 4) is 5.75 Å². The summed E-state index contributed by atoms with van der Waals surface area (Å²) in [5, 5.41) is 31.6. The van der Waals surface area contributed by atoms with Gasteiger partial charge >= 0.3 is 11.9 Å². The van der Waals surface area contributed by atoms with Crippen LogP contribution in [0.1, 0.15) is 111 Å². The lowest BCUT2D eigenvalue weighted by Gasteiger charge is -2.71. The van der Waals surface area contributed by atoms with E-state index in [1.54, 1.807) is 30.3 Å². The number of hydrogen-bond donors (Lipinski definition) is 3. The molecule has 0 saturated heterocycles. The Bertz CT molecular complexity index is 1410. The molecule has 0 amide bonds. The summed E-state index contributed by atoms with van der Waals surface area (Å²) in [6.07, 6.45) is 14.0. The first kappa shape index (κ1) is 32.3. The van der Waals surface area contributed by atoms with Crippen LogP contribution in [0.4, 0.5) is 0 Å². The second kappa shape index (κ2) is 10.7. The summed E-state index contributed by atoms with van der Waals surface area (Å²) in [5.41, 5.74) is 1.11. The number of phenols is 1. The van der Waals surface area contributed by atoms with Gasteiger partial charge in [-0.2, -0.15) is 0 Å². The van der Waals surface area contributed by atoms with Crippen LogP contribution >= 0.6 is 0 Å². The van der Waals surface area contributed by atoms with Crippen LogP contribution in [0.25, 0.3) is 6.08 Å². The molecule has 0 bridgehead atoms. The number of aliphatic carboxylic acids is 1. The van der Waals surface area contributed by atoms with Crippen molar-refractivity contribution in [1.29, 1.82) is 0 Å². The molecule has 3 N–H and O–H groups in total. The number of ether oxygens (including phenoxy) is 1. The van der Waals surface area contributed by atoms with Crippen LogP contribution in [0.3, 0.4) is 0 Å². The molecule has 9 atom stereocenters. The number of aromatic hydroxyl groups is 1. The first-order chi connectivity index (χ1) is 21.0. The zero-order chi connectivity index (χ0) is 32.6. The minimum atomic E-state index is -0.640. The SMILES string of the molecule is CC1(C)CC[C@]2(C(=O)O)CC[C@@]3(C)C(=CC[C@H]4[C@]5(C)CC[C@@H](O)[C@@](C)(COC(=O)C=Cc6ccc(O)cc6)[C@@H]5CC[C@]43C)[C@H]2C1. The number of fused-ring (bicyclic) bond motifs is 7. The number of aliphatic hydroxyl groups is 1. The number of carbonyl (C=O) groups is 2. The normalized spacial score (nSPS) is 43.7. The molecule has 4 fully saturated rings. The maximum absolute atomic E-state index is 12.9. The van der Waals surface area contributed by atoms with Gasteiger partial charge in [0.15, 0.2) is 0 Å². The van der Waals surface area contributed by atoms with E-state index in [4.69, 9.17) is 4.74 Å². The van der Waals surface area contributed by atoms with E-state index in [-0.39, 0.29) is 45.9 Å². The average molecular weight is 619 g/mol. The second-order valence-electron chi connectivity index (χ2n) is 17.3. The molecule has 5 aliphatic rings. The van der Waals surface area contributed by atoms with Crippen molar-refractivity contribution in [1.82, 2.24) is 0 Å². The van der Waals surface area contributed by atoms with Gasteiger partial charge in [0.25, 0.3) is 0 Å². The Morgan fingerprint density at radius 1 is 0.911 bits per heavy atom. The Labute approximate surface area is 269 Å². The van der Waals surface area contributed by atoms with Gasteiger partial charge in [-0.05, 0) is 127 Å². The zero-order valence-corrected chi connectivity index (χ0v) is 28.2. The number of hydrogen-bond acceptors (Lipinski definition) is 5. The van der Waals surface area contributed by atoms with Crippen molar-refractivity contribution in [2.24, 2.45) is 50.2 Å². The molecule has 0 spiro atoms. The van der Waals surface area contributed by atoms with Gasteiger partial charge in [0.05, 0.1) is 18.1 Å². The van der Waals surface area contributed by atoms with Crippen LogP contribution in [-0.2, 0) is 14.3 Å². The smallest absolute Gasteiger partial charge is 0.330 e. The highest BCUT2D eigenvalue weighted by molar-refractivity contribution is 5.87. The minimum Gasteiger partial charge on any atom is -0.508 e. The summed E-state index contributed by atoms with van der Waals surface area (Å²) in [5.74, 6) is -0.152. The van der Waals surface area contributed by atoms with E-state index in [9.17, 15) is 24.9 Å². The fourth-order valence-corrected chi connectivity index (χ4v) is 11.7. The topological polar surface area (TPSA) is 104 Å². The second-order valence-corrected chi connectivity index (χ2v) is 17.3. The molecule has 0 aromatic heterocycles. The third-order valence-electron chi connectivity index (χ3n) is 14.7. The van der Waals surface area contributed by atoms with E-state index < -0.39 is 28.9 Å². The summed E-state index contributed by atoms with van der Waals surface area (Å²) in [4.78, 5) is 25.8. The van der Waals surface area contributed by atoms with Crippen molar-refractivity contribution in [3.05, 3.63) is 47.6 Å². The van der Waals surface area contributed by atoms with E-state index in [2.05, 4.69) is 47.6 Å². The quantitative estimate of drug-likeness (QED) is 0.175. The van der Waals surface area contributed by atoms with Crippen LogP contribution in [0.2, 0.25) is 0 Å².